The van der Waals surface area contributed by atoms with Gasteiger partial charge in [0.25, 0.3) is 0 Å². The molecule has 1 fully saturated rings. The van der Waals surface area contributed by atoms with E-state index in [0.717, 1.165) is 17.4 Å². The van der Waals surface area contributed by atoms with E-state index in [9.17, 15) is 0 Å². The van der Waals surface area contributed by atoms with Gasteiger partial charge in [0.15, 0.2) is 0 Å². The lowest BCUT2D eigenvalue weighted by atomic mass is 10.2. The molecule has 17 heavy (non-hydrogen) atoms. The maximum absolute atomic E-state index is 5.95. The lowest BCUT2D eigenvalue weighted by Crippen LogP contribution is -2.16. The fourth-order valence-corrected chi connectivity index (χ4v) is 3.38. The molecule has 2 aromatic rings. The van der Waals surface area contributed by atoms with Gasteiger partial charge in [-0.2, -0.15) is 0 Å². The second kappa shape index (κ2) is 4.80. The van der Waals surface area contributed by atoms with Crippen LogP contribution in [0.1, 0.15) is 29.5 Å². The molecule has 1 aliphatic rings. The number of hydrogen-bond acceptors (Lipinski definition) is 3. The summed E-state index contributed by atoms with van der Waals surface area (Å²) in [4.78, 5) is 5.53. The number of aromatic nitrogens is 2. The lowest BCUT2D eigenvalue weighted by molar-refractivity contribution is 0.586. The van der Waals surface area contributed by atoms with Gasteiger partial charge < -0.3 is 9.88 Å². The molecular weight excluding hydrogens is 254 g/mol. The number of rotatable bonds is 3. The summed E-state index contributed by atoms with van der Waals surface area (Å²) in [5, 5.41) is 3.51. The van der Waals surface area contributed by atoms with Gasteiger partial charge in [0.1, 0.15) is 0 Å². The van der Waals surface area contributed by atoms with Crippen LogP contribution < -0.4 is 5.32 Å². The Morgan fingerprint density at radius 1 is 1.53 bits per heavy atom. The Hall–Kier alpha value is -0.840. The van der Waals surface area contributed by atoms with Crippen LogP contribution in [-0.2, 0) is 6.54 Å². The van der Waals surface area contributed by atoms with E-state index in [1.165, 1.54) is 23.4 Å². The molecule has 1 atom stereocenters. The summed E-state index contributed by atoms with van der Waals surface area (Å²) < 4.78 is 3.06. The van der Waals surface area contributed by atoms with Crippen molar-refractivity contribution in [1.82, 2.24) is 14.9 Å². The zero-order valence-corrected chi connectivity index (χ0v) is 11.0. The molecule has 5 heteroatoms. The van der Waals surface area contributed by atoms with Crippen molar-refractivity contribution in [2.45, 2.75) is 25.4 Å². The number of nitrogens with zero attached hydrogens (tertiary/aromatic N) is 2. The Kier molecular flexibility index (Phi) is 3.18. The van der Waals surface area contributed by atoms with Crippen molar-refractivity contribution in [1.29, 1.82) is 0 Å². The predicted molar refractivity (Wildman–Crippen MR) is 70.6 cm³/mol. The molecule has 1 aliphatic heterocycles. The average molecular weight is 268 g/mol. The molecule has 3 nitrogen and oxygen atoms in total. The summed E-state index contributed by atoms with van der Waals surface area (Å²) in [5.74, 6) is 0. The molecule has 0 saturated carbocycles. The molecule has 0 radical (unpaired) electrons. The Morgan fingerprint density at radius 3 is 3.18 bits per heavy atom. The van der Waals surface area contributed by atoms with E-state index >= 15 is 0 Å². The third kappa shape index (κ3) is 2.39. The van der Waals surface area contributed by atoms with Crippen LogP contribution in [-0.4, -0.2) is 16.1 Å². The quantitative estimate of drug-likeness (QED) is 0.926. The molecule has 2 aromatic heterocycles. The fourth-order valence-electron chi connectivity index (χ4n) is 2.29. The highest BCUT2D eigenvalue weighted by Crippen LogP contribution is 2.26. The lowest BCUT2D eigenvalue weighted by Gasteiger charge is -2.13. The van der Waals surface area contributed by atoms with Gasteiger partial charge >= 0.3 is 0 Å². The van der Waals surface area contributed by atoms with Gasteiger partial charge in [0, 0.05) is 17.1 Å². The third-order valence-electron chi connectivity index (χ3n) is 3.12. The number of halogens is 1. The van der Waals surface area contributed by atoms with E-state index < -0.39 is 0 Å². The van der Waals surface area contributed by atoms with E-state index in [4.69, 9.17) is 11.6 Å². The van der Waals surface area contributed by atoms with E-state index in [1.807, 2.05) is 18.6 Å². The highest BCUT2D eigenvalue weighted by atomic mass is 35.5. The van der Waals surface area contributed by atoms with Gasteiger partial charge in [-0.3, -0.25) is 0 Å². The van der Waals surface area contributed by atoms with Gasteiger partial charge in [-0.15, -0.1) is 11.3 Å². The Bertz CT molecular complexity index is 499. The predicted octanol–water partition coefficient (Wildman–Crippen LogP) is 3.07. The standard InChI is InChI=1S/C12H14ClN3S/c13-12-4-3-9(17-12)7-16-8-14-6-11(16)10-2-1-5-15-10/h3-4,6,8,10,15H,1-2,5,7H2. The molecular formula is C12H14ClN3S. The molecule has 3 heterocycles. The average Bonchev–Trinajstić information content (AvgIpc) is 3.00. The first-order chi connectivity index (χ1) is 8.33. The second-order valence-corrected chi connectivity index (χ2v) is 6.10. The summed E-state index contributed by atoms with van der Waals surface area (Å²) in [5.41, 5.74) is 1.28. The van der Waals surface area contributed by atoms with Crippen LogP contribution >= 0.6 is 22.9 Å². The summed E-state index contributed by atoms with van der Waals surface area (Å²) in [6.45, 7) is 1.98. The van der Waals surface area contributed by atoms with E-state index in [-0.39, 0.29) is 0 Å². The molecule has 1 saturated heterocycles. The summed E-state index contributed by atoms with van der Waals surface area (Å²) in [7, 11) is 0. The molecule has 0 aromatic carbocycles. The van der Waals surface area contributed by atoms with E-state index in [1.54, 1.807) is 11.3 Å². The second-order valence-electron chi connectivity index (χ2n) is 4.30. The van der Waals surface area contributed by atoms with Crippen LogP contribution in [0.2, 0.25) is 4.34 Å². The third-order valence-corrected chi connectivity index (χ3v) is 4.33. The summed E-state index contributed by atoms with van der Waals surface area (Å²) >= 11 is 7.58. The minimum absolute atomic E-state index is 0.466. The molecule has 0 amide bonds. The van der Waals surface area contributed by atoms with Gasteiger partial charge in [-0.05, 0) is 31.5 Å². The van der Waals surface area contributed by atoms with Gasteiger partial charge in [-0.25, -0.2) is 4.98 Å². The summed E-state index contributed by atoms with van der Waals surface area (Å²) in [6.07, 6.45) is 6.33. The Balaban J connectivity index is 1.81. The number of hydrogen-bond donors (Lipinski definition) is 1. The van der Waals surface area contributed by atoms with Crippen LogP contribution in [0, 0.1) is 0 Å². The zero-order chi connectivity index (χ0) is 11.7. The van der Waals surface area contributed by atoms with Crippen molar-refractivity contribution in [3.8, 4) is 0 Å². The molecule has 0 bridgehead atoms. The van der Waals surface area contributed by atoms with Crippen LogP contribution in [0.15, 0.2) is 24.7 Å². The van der Waals surface area contributed by atoms with Gasteiger partial charge in [0.2, 0.25) is 0 Å². The maximum Gasteiger partial charge on any atom is 0.0952 e. The normalized spacial score (nSPS) is 19.9. The van der Waals surface area contributed by atoms with Crippen molar-refractivity contribution in [2.75, 3.05) is 6.54 Å². The van der Waals surface area contributed by atoms with Crippen molar-refractivity contribution in [2.24, 2.45) is 0 Å². The van der Waals surface area contributed by atoms with Gasteiger partial charge in [-0.1, -0.05) is 11.6 Å². The Morgan fingerprint density at radius 2 is 2.47 bits per heavy atom. The van der Waals surface area contributed by atoms with E-state index in [0.29, 0.717) is 6.04 Å². The molecule has 0 aliphatic carbocycles. The van der Waals surface area contributed by atoms with Crippen molar-refractivity contribution < 1.29 is 0 Å². The maximum atomic E-state index is 5.95. The summed E-state index contributed by atoms with van der Waals surface area (Å²) in [6, 6.07) is 4.50. The number of thiophene rings is 1. The molecule has 0 spiro atoms. The monoisotopic (exact) mass is 267 g/mol. The number of nitrogens with one attached hydrogen (secondary N) is 1. The zero-order valence-electron chi connectivity index (χ0n) is 9.40. The molecule has 3 rings (SSSR count). The SMILES string of the molecule is Clc1ccc(Cn2cncc2C2CCCN2)s1. The minimum Gasteiger partial charge on any atom is -0.328 e. The fraction of sp³-hybridized carbons (Fsp3) is 0.417. The van der Waals surface area contributed by atoms with Crippen molar-refractivity contribution in [3.63, 3.8) is 0 Å². The molecule has 1 N–H and O–H groups in total. The smallest absolute Gasteiger partial charge is 0.0952 e. The van der Waals surface area contributed by atoms with Crippen LogP contribution in [0.4, 0.5) is 0 Å². The Labute approximate surface area is 109 Å². The van der Waals surface area contributed by atoms with Crippen molar-refractivity contribution in [3.05, 3.63) is 39.6 Å². The minimum atomic E-state index is 0.466. The first-order valence-corrected chi connectivity index (χ1v) is 7.00. The van der Waals surface area contributed by atoms with Crippen LogP contribution in [0.5, 0.6) is 0 Å². The molecule has 90 valence electrons. The van der Waals surface area contributed by atoms with Crippen LogP contribution in [0.3, 0.4) is 0 Å². The topological polar surface area (TPSA) is 29.9 Å². The van der Waals surface area contributed by atoms with Crippen LogP contribution in [0.25, 0.3) is 0 Å². The first kappa shape index (κ1) is 11.3. The van der Waals surface area contributed by atoms with Gasteiger partial charge in [0.05, 0.1) is 22.9 Å². The first-order valence-electron chi connectivity index (χ1n) is 5.80. The molecule has 1 unspecified atom stereocenters. The van der Waals surface area contributed by atoms with Crippen molar-refractivity contribution >= 4 is 22.9 Å². The largest absolute Gasteiger partial charge is 0.328 e. The number of imidazole rings is 1. The highest BCUT2D eigenvalue weighted by molar-refractivity contribution is 7.16. The van der Waals surface area contributed by atoms with E-state index in [2.05, 4.69) is 20.9 Å². The highest BCUT2D eigenvalue weighted by Gasteiger charge is 2.19.